The summed E-state index contributed by atoms with van der Waals surface area (Å²) >= 11 is 0. The zero-order valence-electron chi connectivity index (χ0n) is 23.0. The highest BCUT2D eigenvalue weighted by molar-refractivity contribution is 5.94. The van der Waals surface area contributed by atoms with Crippen molar-refractivity contribution in [1.82, 2.24) is 21.3 Å². The number of alkyl carbamates (subject to hydrolysis) is 1. The van der Waals surface area contributed by atoms with Crippen molar-refractivity contribution in [2.45, 2.75) is 51.0 Å². The van der Waals surface area contributed by atoms with Crippen LogP contribution in [0.4, 0.5) is 10.5 Å². The van der Waals surface area contributed by atoms with Gasteiger partial charge in [0.15, 0.2) is 0 Å². The third-order valence-electron chi connectivity index (χ3n) is 6.74. The van der Waals surface area contributed by atoms with Gasteiger partial charge in [-0.15, -0.1) is 5.53 Å². The number of nitrogens with two attached hydrogens (primary N) is 1. The molecule has 10 nitrogen and oxygen atoms in total. The van der Waals surface area contributed by atoms with Crippen molar-refractivity contribution in [3.05, 3.63) is 114 Å². The first kappa shape index (κ1) is 29.6. The molecule has 3 aromatic rings. The van der Waals surface area contributed by atoms with Gasteiger partial charge in [-0.3, -0.25) is 9.80 Å². The number of ether oxygens (including phenoxy) is 1. The van der Waals surface area contributed by atoms with Gasteiger partial charge in [-0.2, -0.15) is 0 Å². The molecule has 0 saturated carbocycles. The molecule has 0 aromatic heterocycles. The number of anilines is 1. The molecule has 1 aliphatic rings. The van der Waals surface area contributed by atoms with Crippen molar-refractivity contribution < 1.29 is 19.4 Å². The lowest BCUT2D eigenvalue weighted by molar-refractivity contribution is -0.121. The maximum Gasteiger partial charge on any atom is 0.408 e. The summed E-state index contributed by atoms with van der Waals surface area (Å²) in [6.45, 7) is 0.632. The monoisotopic (exact) mass is 558 g/mol. The summed E-state index contributed by atoms with van der Waals surface area (Å²) in [5, 5.41) is 17.0. The highest BCUT2D eigenvalue weighted by Gasteiger charge is 2.30. The zero-order chi connectivity index (χ0) is 28.9. The van der Waals surface area contributed by atoms with Gasteiger partial charge in [0.2, 0.25) is 5.91 Å². The normalized spacial score (nSPS) is 14.0. The molecule has 0 fully saturated rings. The Morgan fingerprint density at radius 2 is 1.59 bits per heavy atom. The second kappa shape index (κ2) is 15.4. The molecular formula is C31H38N6O4. The molecule has 0 spiro atoms. The average Bonchev–Trinajstić information content (AvgIpc) is 3.49. The molecule has 216 valence electrons. The molecule has 41 heavy (non-hydrogen) atoms. The van der Waals surface area contributed by atoms with E-state index >= 15 is 0 Å². The van der Waals surface area contributed by atoms with E-state index in [9.17, 15) is 14.7 Å². The Balaban J connectivity index is 1.48. The SMILES string of the molecule is NCCCC[C@@H](C(=O)Nc1ccc(CO)cc1)N1C=C([C@H](Cc2ccccc2)NC(=O)OCc2ccccc2)NN1. The van der Waals surface area contributed by atoms with Gasteiger partial charge in [0, 0.05) is 11.9 Å². The molecule has 10 heteroatoms. The van der Waals surface area contributed by atoms with Crippen LogP contribution in [0.25, 0.3) is 0 Å². The fraction of sp³-hybridized carbons (Fsp3) is 0.290. The van der Waals surface area contributed by atoms with Crippen molar-refractivity contribution in [3.8, 4) is 0 Å². The zero-order valence-corrected chi connectivity index (χ0v) is 23.0. The van der Waals surface area contributed by atoms with Gasteiger partial charge in [0.1, 0.15) is 12.6 Å². The van der Waals surface area contributed by atoms with Crippen LogP contribution in [0, 0.1) is 0 Å². The van der Waals surface area contributed by atoms with Gasteiger partial charge in [-0.05, 0) is 61.1 Å². The Kier molecular flexibility index (Phi) is 11.1. The molecule has 0 aliphatic carbocycles. The van der Waals surface area contributed by atoms with Crippen LogP contribution in [0.3, 0.4) is 0 Å². The number of hydrogen-bond acceptors (Lipinski definition) is 8. The largest absolute Gasteiger partial charge is 0.445 e. The Morgan fingerprint density at radius 1 is 0.902 bits per heavy atom. The molecule has 0 radical (unpaired) electrons. The lowest BCUT2D eigenvalue weighted by Crippen LogP contribution is -2.49. The lowest BCUT2D eigenvalue weighted by Gasteiger charge is -2.26. The molecular weight excluding hydrogens is 520 g/mol. The van der Waals surface area contributed by atoms with Crippen LogP contribution < -0.4 is 27.3 Å². The van der Waals surface area contributed by atoms with E-state index in [0.717, 1.165) is 29.5 Å². The molecule has 7 N–H and O–H groups in total. The summed E-state index contributed by atoms with van der Waals surface area (Å²) in [5.41, 5.74) is 16.0. The molecule has 1 heterocycles. The summed E-state index contributed by atoms with van der Waals surface area (Å²) in [6.07, 6.45) is 3.89. The van der Waals surface area contributed by atoms with Crippen molar-refractivity contribution in [2.75, 3.05) is 11.9 Å². The third-order valence-corrected chi connectivity index (χ3v) is 6.74. The van der Waals surface area contributed by atoms with E-state index in [-0.39, 0.29) is 19.1 Å². The number of hydrogen-bond donors (Lipinski definition) is 6. The number of nitrogens with one attached hydrogen (secondary N) is 4. The van der Waals surface area contributed by atoms with Crippen LogP contribution in [0.2, 0.25) is 0 Å². The van der Waals surface area contributed by atoms with Gasteiger partial charge in [-0.25, -0.2) is 4.79 Å². The molecule has 0 saturated heterocycles. The third kappa shape index (κ3) is 9.07. The number of aliphatic hydroxyl groups is 1. The van der Waals surface area contributed by atoms with E-state index in [1.807, 2.05) is 66.9 Å². The van der Waals surface area contributed by atoms with Crippen LogP contribution in [0.15, 0.2) is 96.8 Å². The minimum absolute atomic E-state index is 0.0646. The first-order chi connectivity index (χ1) is 20.1. The van der Waals surface area contributed by atoms with Crippen LogP contribution in [-0.4, -0.2) is 40.7 Å². The number of benzene rings is 3. The van der Waals surface area contributed by atoms with Crippen LogP contribution in [-0.2, 0) is 29.2 Å². The van der Waals surface area contributed by atoms with E-state index in [1.54, 1.807) is 29.3 Å². The van der Waals surface area contributed by atoms with Crippen molar-refractivity contribution in [2.24, 2.45) is 5.73 Å². The Morgan fingerprint density at radius 3 is 2.24 bits per heavy atom. The van der Waals surface area contributed by atoms with Gasteiger partial charge >= 0.3 is 6.09 Å². The summed E-state index contributed by atoms with van der Waals surface area (Å²) in [5.74, 6) is -0.194. The fourth-order valence-corrected chi connectivity index (χ4v) is 4.48. The maximum absolute atomic E-state index is 13.4. The second-order valence-corrected chi connectivity index (χ2v) is 9.82. The Labute approximate surface area is 240 Å². The first-order valence-corrected chi connectivity index (χ1v) is 13.8. The summed E-state index contributed by atoms with van der Waals surface area (Å²) in [6, 6.07) is 25.4. The Bertz CT molecular complexity index is 1270. The molecule has 0 unspecified atom stereocenters. The molecule has 4 rings (SSSR count). The number of unbranched alkanes of at least 4 members (excludes halogenated alkanes) is 1. The number of rotatable bonds is 14. The fourth-order valence-electron chi connectivity index (χ4n) is 4.48. The van der Waals surface area contributed by atoms with Gasteiger partial charge in [0.25, 0.3) is 0 Å². The molecule has 2 amide bonds. The Hall–Kier alpha value is -4.38. The summed E-state index contributed by atoms with van der Waals surface area (Å²) in [4.78, 5) is 26.2. The molecule has 0 bridgehead atoms. The molecule has 2 atom stereocenters. The van der Waals surface area contributed by atoms with E-state index in [1.165, 1.54) is 0 Å². The minimum atomic E-state index is -0.550. The number of hydrazine groups is 2. The number of amides is 2. The van der Waals surface area contributed by atoms with E-state index in [4.69, 9.17) is 10.5 Å². The van der Waals surface area contributed by atoms with Crippen molar-refractivity contribution in [3.63, 3.8) is 0 Å². The average molecular weight is 559 g/mol. The lowest BCUT2D eigenvalue weighted by atomic mass is 10.0. The van der Waals surface area contributed by atoms with Crippen LogP contribution >= 0.6 is 0 Å². The van der Waals surface area contributed by atoms with Gasteiger partial charge < -0.3 is 31.6 Å². The topological polar surface area (TPSA) is 141 Å². The maximum atomic E-state index is 13.4. The number of carbonyl (C=O) groups excluding carboxylic acids is 2. The van der Waals surface area contributed by atoms with Gasteiger partial charge in [-0.1, -0.05) is 72.8 Å². The molecule has 3 aromatic carbocycles. The number of nitrogens with zero attached hydrogens (tertiary/aromatic N) is 1. The summed E-state index contributed by atoms with van der Waals surface area (Å²) < 4.78 is 5.49. The van der Waals surface area contributed by atoms with Crippen LogP contribution in [0.5, 0.6) is 0 Å². The smallest absolute Gasteiger partial charge is 0.408 e. The van der Waals surface area contributed by atoms with Crippen molar-refractivity contribution in [1.29, 1.82) is 0 Å². The first-order valence-electron chi connectivity index (χ1n) is 13.8. The number of aliphatic hydroxyl groups excluding tert-OH is 1. The standard InChI is InChI=1S/C31H38N6O4/c32-18-8-7-13-29(30(39)33-26-16-14-24(21-38)15-17-26)37-20-28(35-36-37)27(19-23-9-3-1-4-10-23)34-31(40)41-22-25-11-5-2-6-12-25/h1-6,9-12,14-17,20,27,29,35-36,38H,7-8,13,18-19,21-22,32H2,(H,33,39)(H,34,40)/t27-,29-/m0/s1. The van der Waals surface area contributed by atoms with E-state index in [2.05, 4.69) is 21.6 Å². The highest BCUT2D eigenvalue weighted by atomic mass is 16.5. The predicted molar refractivity (Wildman–Crippen MR) is 158 cm³/mol. The molecule has 1 aliphatic heterocycles. The second-order valence-electron chi connectivity index (χ2n) is 9.82. The van der Waals surface area contributed by atoms with E-state index < -0.39 is 18.2 Å². The van der Waals surface area contributed by atoms with Crippen molar-refractivity contribution >= 4 is 17.7 Å². The minimum Gasteiger partial charge on any atom is -0.445 e. The van der Waals surface area contributed by atoms with E-state index in [0.29, 0.717) is 30.8 Å². The summed E-state index contributed by atoms with van der Waals surface area (Å²) in [7, 11) is 0. The van der Waals surface area contributed by atoms with Gasteiger partial charge in [0.05, 0.1) is 18.3 Å². The number of carbonyl (C=O) groups is 2. The quantitative estimate of drug-likeness (QED) is 0.166. The highest BCUT2D eigenvalue weighted by Crippen LogP contribution is 2.19. The predicted octanol–water partition coefficient (Wildman–Crippen LogP) is 3.32. The van der Waals surface area contributed by atoms with Crippen LogP contribution in [0.1, 0.15) is 36.0 Å².